The Balaban J connectivity index is 1.62. The molecular weight excluding hydrogens is 399 g/mol. The van der Waals surface area contributed by atoms with Gasteiger partial charge in [-0.3, -0.25) is 5.32 Å². The number of aromatic nitrogens is 4. The van der Waals surface area contributed by atoms with Gasteiger partial charge in [-0.1, -0.05) is 18.2 Å². The third-order valence-corrected chi connectivity index (χ3v) is 4.10. The number of alkyl halides is 3. The number of halogens is 3. The van der Waals surface area contributed by atoms with Gasteiger partial charge in [-0.25, -0.2) is 14.5 Å². The van der Waals surface area contributed by atoms with Gasteiger partial charge in [-0.15, -0.1) is 0 Å². The molecule has 0 aliphatic rings. The summed E-state index contributed by atoms with van der Waals surface area (Å²) in [6.07, 6.45) is -0.209. The van der Waals surface area contributed by atoms with Gasteiger partial charge < -0.3 is 9.30 Å². The predicted octanol–water partition coefficient (Wildman–Crippen LogP) is 4.69. The summed E-state index contributed by atoms with van der Waals surface area (Å²) in [4.78, 5) is 16.2. The highest BCUT2D eigenvalue weighted by atomic mass is 19.4. The highest BCUT2D eigenvalue weighted by Crippen LogP contribution is 2.37. The van der Waals surface area contributed by atoms with E-state index in [0.29, 0.717) is 16.1 Å². The Labute approximate surface area is 168 Å². The van der Waals surface area contributed by atoms with Crippen molar-refractivity contribution in [3.63, 3.8) is 0 Å². The van der Waals surface area contributed by atoms with Gasteiger partial charge in [0.15, 0.2) is 17.3 Å². The zero-order chi connectivity index (χ0) is 21.1. The van der Waals surface area contributed by atoms with Crippen molar-refractivity contribution >= 4 is 11.8 Å². The zero-order valence-electron chi connectivity index (χ0n) is 15.2. The summed E-state index contributed by atoms with van der Waals surface area (Å²) in [5.41, 5.74) is -0.251. The van der Waals surface area contributed by atoms with Crippen molar-refractivity contribution in [1.29, 1.82) is 0 Å². The number of hydrogen-bond acceptors (Lipinski definition) is 4. The molecule has 0 radical (unpaired) electrons. The number of pyridine rings is 1. The van der Waals surface area contributed by atoms with Gasteiger partial charge in [-0.2, -0.15) is 18.3 Å². The van der Waals surface area contributed by atoms with Crippen molar-refractivity contribution in [3.8, 4) is 17.3 Å². The second-order valence-electron chi connectivity index (χ2n) is 6.08. The van der Waals surface area contributed by atoms with Crippen molar-refractivity contribution in [1.82, 2.24) is 19.3 Å². The first-order valence-corrected chi connectivity index (χ1v) is 8.71. The van der Waals surface area contributed by atoms with Gasteiger partial charge in [0.25, 0.3) is 0 Å². The molecule has 0 unspecified atom stereocenters. The fraction of sp³-hybridized carbons (Fsp3) is 0.0500. The maximum atomic E-state index is 13.7. The number of carbonyl (C=O) groups is 1. The Morgan fingerprint density at radius 3 is 2.43 bits per heavy atom. The number of rotatable bonds is 4. The number of carbonyl (C=O) groups excluding carboxylic acids is 1. The van der Waals surface area contributed by atoms with Crippen LogP contribution in [0.4, 0.5) is 23.7 Å². The quantitative estimate of drug-likeness (QED) is 0.527. The van der Waals surface area contributed by atoms with Crippen molar-refractivity contribution in [2.45, 2.75) is 6.18 Å². The van der Waals surface area contributed by atoms with Gasteiger partial charge in [0.05, 0.1) is 17.6 Å². The minimum atomic E-state index is -4.83. The molecule has 0 atom stereocenters. The molecule has 7 nitrogen and oxygen atoms in total. The van der Waals surface area contributed by atoms with E-state index in [4.69, 9.17) is 4.74 Å². The summed E-state index contributed by atoms with van der Waals surface area (Å²) in [5.74, 6) is -0.790. The Morgan fingerprint density at radius 1 is 1.00 bits per heavy atom. The van der Waals surface area contributed by atoms with E-state index in [1.807, 2.05) is 0 Å². The van der Waals surface area contributed by atoms with Crippen LogP contribution in [-0.4, -0.2) is 25.4 Å². The summed E-state index contributed by atoms with van der Waals surface area (Å²) >= 11 is 0. The third kappa shape index (κ3) is 3.88. The topological polar surface area (TPSA) is 74.0 Å². The van der Waals surface area contributed by atoms with Crippen molar-refractivity contribution in [2.24, 2.45) is 0 Å². The largest absolute Gasteiger partial charge is 0.437 e. The number of benzene rings is 1. The molecule has 0 aliphatic carbocycles. The van der Waals surface area contributed by atoms with E-state index < -0.39 is 23.7 Å². The highest BCUT2D eigenvalue weighted by Gasteiger charge is 2.40. The smallest absolute Gasteiger partial charge is 0.406 e. The minimum Gasteiger partial charge on any atom is -0.406 e. The molecule has 0 saturated heterocycles. The fourth-order valence-corrected chi connectivity index (χ4v) is 2.86. The Kier molecular flexibility index (Phi) is 4.97. The van der Waals surface area contributed by atoms with E-state index in [1.165, 1.54) is 18.3 Å². The summed E-state index contributed by atoms with van der Waals surface area (Å²) in [6.45, 7) is 0. The summed E-state index contributed by atoms with van der Waals surface area (Å²) in [6, 6.07) is 14.9. The summed E-state index contributed by atoms with van der Waals surface area (Å²) in [7, 11) is 0. The van der Waals surface area contributed by atoms with Crippen molar-refractivity contribution < 1.29 is 22.7 Å². The van der Waals surface area contributed by atoms with Crippen LogP contribution in [0.5, 0.6) is 5.75 Å². The molecule has 1 amide bonds. The molecular formula is C20H14F3N5O2. The second kappa shape index (κ2) is 7.74. The van der Waals surface area contributed by atoms with Crippen molar-refractivity contribution in [2.75, 3.05) is 5.32 Å². The standard InChI is InChI=1S/C20H14F3N5O2/c21-20(22,23)18-16(13-25-28(18)17-9-3-4-10-24-17)30-19(29)26-14-7-1-2-8-15(14)27-11-5-6-12-27/h1-13H,(H,26,29). The first-order valence-electron chi connectivity index (χ1n) is 8.71. The molecule has 10 heteroatoms. The molecule has 30 heavy (non-hydrogen) atoms. The zero-order valence-corrected chi connectivity index (χ0v) is 15.2. The van der Waals surface area contributed by atoms with Gasteiger partial charge >= 0.3 is 12.3 Å². The number of para-hydroxylation sites is 2. The molecule has 4 rings (SSSR count). The van der Waals surface area contributed by atoms with E-state index in [0.717, 1.165) is 6.20 Å². The maximum Gasteiger partial charge on any atom is 0.437 e. The number of nitrogens with zero attached hydrogens (tertiary/aromatic N) is 4. The van der Waals surface area contributed by atoms with Crippen LogP contribution in [0.15, 0.2) is 79.4 Å². The van der Waals surface area contributed by atoms with Crippen LogP contribution >= 0.6 is 0 Å². The van der Waals surface area contributed by atoms with Crippen LogP contribution in [0, 0.1) is 0 Å². The number of hydrogen-bond donors (Lipinski definition) is 1. The van der Waals surface area contributed by atoms with Crippen LogP contribution in [0.2, 0.25) is 0 Å². The lowest BCUT2D eigenvalue weighted by molar-refractivity contribution is -0.143. The highest BCUT2D eigenvalue weighted by molar-refractivity contribution is 5.89. The number of ether oxygens (including phenoxy) is 1. The van der Waals surface area contributed by atoms with E-state index in [9.17, 15) is 18.0 Å². The third-order valence-electron chi connectivity index (χ3n) is 4.10. The summed E-state index contributed by atoms with van der Waals surface area (Å²) in [5, 5.41) is 6.17. The molecule has 0 aliphatic heterocycles. The van der Waals surface area contributed by atoms with E-state index in [1.54, 1.807) is 59.4 Å². The molecule has 3 heterocycles. The minimum absolute atomic E-state index is 0.0574. The van der Waals surface area contributed by atoms with E-state index in [2.05, 4.69) is 15.4 Å². The Bertz CT molecular complexity index is 1150. The SMILES string of the molecule is O=C(Nc1ccccc1-n1cccc1)Oc1cnn(-c2ccccn2)c1C(F)(F)F. The van der Waals surface area contributed by atoms with E-state index >= 15 is 0 Å². The lowest BCUT2D eigenvalue weighted by atomic mass is 10.2. The molecule has 1 aromatic carbocycles. The molecule has 0 bridgehead atoms. The molecule has 1 N–H and O–H groups in total. The molecule has 3 aromatic heterocycles. The lowest BCUT2D eigenvalue weighted by Gasteiger charge is -2.14. The van der Waals surface area contributed by atoms with Crippen molar-refractivity contribution in [3.05, 3.63) is 85.1 Å². The predicted molar refractivity (Wildman–Crippen MR) is 102 cm³/mol. The van der Waals surface area contributed by atoms with Crippen LogP contribution < -0.4 is 10.1 Å². The monoisotopic (exact) mass is 413 g/mol. The lowest BCUT2D eigenvalue weighted by Crippen LogP contribution is -2.21. The van der Waals surface area contributed by atoms with Crippen LogP contribution in [0.25, 0.3) is 11.5 Å². The molecule has 0 saturated carbocycles. The maximum absolute atomic E-state index is 13.7. The average molecular weight is 413 g/mol. The van der Waals surface area contributed by atoms with Gasteiger partial charge in [0.2, 0.25) is 0 Å². The average Bonchev–Trinajstić information content (AvgIpc) is 3.39. The number of amides is 1. The van der Waals surface area contributed by atoms with E-state index in [-0.39, 0.29) is 5.82 Å². The Morgan fingerprint density at radius 2 is 1.73 bits per heavy atom. The Hall–Kier alpha value is -4.08. The normalized spacial score (nSPS) is 11.3. The van der Waals surface area contributed by atoms with Gasteiger partial charge in [0.1, 0.15) is 0 Å². The molecule has 0 fully saturated rings. The van der Waals surface area contributed by atoms with Crippen LogP contribution in [-0.2, 0) is 6.18 Å². The van der Waals surface area contributed by atoms with Crippen LogP contribution in [0.3, 0.4) is 0 Å². The fourth-order valence-electron chi connectivity index (χ4n) is 2.86. The van der Waals surface area contributed by atoms with Crippen LogP contribution in [0.1, 0.15) is 5.69 Å². The van der Waals surface area contributed by atoms with Gasteiger partial charge in [-0.05, 0) is 36.4 Å². The summed E-state index contributed by atoms with van der Waals surface area (Å²) < 4.78 is 48.2. The second-order valence-corrected chi connectivity index (χ2v) is 6.08. The molecule has 152 valence electrons. The molecule has 4 aromatic rings. The number of nitrogens with one attached hydrogen (secondary N) is 1. The first kappa shape index (κ1) is 19.2. The number of anilines is 1. The molecule has 0 spiro atoms. The first-order chi connectivity index (χ1) is 14.4. The van der Waals surface area contributed by atoms with Gasteiger partial charge in [0, 0.05) is 18.6 Å².